The summed E-state index contributed by atoms with van der Waals surface area (Å²) in [6.07, 6.45) is 20.5. The third kappa shape index (κ3) is 6.73. The minimum atomic E-state index is 0.443. The van der Waals surface area contributed by atoms with E-state index in [2.05, 4.69) is 56.5 Å². The van der Waals surface area contributed by atoms with E-state index in [4.69, 9.17) is 5.73 Å². The van der Waals surface area contributed by atoms with Crippen molar-refractivity contribution in [2.45, 2.75) is 82.7 Å². The van der Waals surface area contributed by atoms with Gasteiger partial charge in [-0.05, 0) is 101 Å². The van der Waals surface area contributed by atoms with Gasteiger partial charge in [0.15, 0.2) is 0 Å². The molecule has 4 N–H and O–H groups in total. The molecular weight excluding hydrogens is 458 g/mol. The van der Waals surface area contributed by atoms with Gasteiger partial charge in [-0.1, -0.05) is 12.5 Å². The van der Waals surface area contributed by atoms with E-state index in [0.29, 0.717) is 30.5 Å². The van der Waals surface area contributed by atoms with Gasteiger partial charge in [0.2, 0.25) is 5.95 Å². The zero-order valence-corrected chi connectivity index (χ0v) is 23.2. The van der Waals surface area contributed by atoms with E-state index in [0.717, 1.165) is 31.5 Å². The van der Waals surface area contributed by atoms with Crippen molar-refractivity contribution in [2.75, 3.05) is 51.6 Å². The zero-order valence-electron chi connectivity index (χ0n) is 23.2. The summed E-state index contributed by atoms with van der Waals surface area (Å²) in [4.78, 5) is 14.4. The van der Waals surface area contributed by atoms with E-state index in [1.54, 1.807) is 5.57 Å². The zero-order chi connectivity index (χ0) is 25.6. The Bertz CT molecular complexity index is 906. The number of allylic oxidation sites excluding steroid dienone is 1. The molecule has 0 aromatic carbocycles. The summed E-state index contributed by atoms with van der Waals surface area (Å²) in [7, 11) is 2.25. The van der Waals surface area contributed by atoms with Gasteiger partial charge in [0.05, 0.1) is 0 Å². The number of nitrogens with one attached hydrogen (secondary N) is 2. The third-order valence-corrected chi connectivity index (χ3v) is 9.39. The Hall–Kier alpha value is -1.96. The Morgan fingerprint density at radius 3 is 2.51 bits per heavy atom. The number of likely N-dealkylation sites (tertiary alicyclic amines) is 1. The number of anilines is 1. The minimum Gasteiger partial charge on any atom is -0.372 e. The standard InChI is InChI=1S/C30H49N7/c1-22-25(17-28(37-13-4-3-5-14-37)18-29(22)36(2)15-11-31)16-23-6-8-27(9-7-23)35-30-33-20-26(21-34-30)24-10-12-32-19-24/h17-18,20-24,27,29,32H,3-16,19,31H2,1-2H3,(H,33,34,35). The molecule has 7 nitrogen and oxygen atoms in total. The Morgan fingerprint density at radius 2 is 1.84 bits per heavy atom. The molecule has 37 heavy (non-hydrogen) atoms. The van der Waals surface area contributed by atoms with Crippen molar-refractivity contribution in [3.63, 3.8) is 0 Å². The summed E-state index contributed by atoms with van der Waals surface area (Å²) in [5.74, 6) is 2.68. The van der Waals surface area contributed by atoms with E-state index in [-0.39, 0.29) is 0 Å². The van der Waals surface area contributed by atoms with Crippen LogP contribution in [-0.2, 0) is 0 Å². The summed E-state index contributed by atoms with van der Waals surface area (Å²) in [5.41, 5.74) is 10.3. The van der Waals surface area contributed by atoms with Gasteiger partial charge in [-0.25, -0.2) is 9.97 Å². The molecule has 0 spiro atoms. The maximum atomic E-state index is 5.94. The SMILES string of the molecule is CC1C(CC2CCC(Nc3ncc(C4CCNC4)cn3)CC2)=CC(N2CCCCC2)=CC1N(C)CCN. The number of likely N-dealkylation sites (N-methyl/N-ethyl adjacent to an activating group) is 1. The fourth-order valence-corrected chi connectivity index (χ4v) is 6.95. The van der Waals surface area contributed by atoms with Crippen LogP contribution in [0.15, 0.2) is 35.8 Å². The third-order valence-electron chi connectivity index (χ3n) is 9.39. The van der Waals surface area contributed by atoms with Crippen molar-refractivity contribution >= 4 is 5.95 Å². The molecule has 3 atom stereocenters. The van der Waals surface area contributed by atoms with Gasteiger partial charge in [-0.3, -0.25) is 4.90 Å². The molecule has 2 aliphatic carbocycles. The van der Waals surface area contributed by atoms with Crippen LogP contribution < -0.4 is 16.4 Å². The minimum absolute atomic E-state index is 0.443. The fraction of sp³-hybridized carbons (Fsp3) is 0.733. The molecule has 5 rings (SSSR count). The first kappa shape index (κ1) is 26.6. The van der Waals surface area contributed by atoms with Crippen LogP contribution in [0.1, 0.15) is 76.2 Å². The second-order valence-corrected chi connectivity index (χ2v) is 12.0. The van der Waals surface area contributed by atoms with Gasteiger partial charge in [0.1, 0.15) is 0 Å². The van der Waals surface area contributed by atoms with Crippen LogP contribution in [0.4, 0.5) is 5.95 Å². The van der Waals surface area contributed by atoms with E-state index in [1.807, 2.05) is 12.4 Å². The van der Waals surface area contributed by atoms with Gasteiger partial charge in [-0.15, -0.1) is 0 Å². The average Bonchev–Trinajstić information content (AvgIpc) is 3.47. The molecule has 3 fully saturated rings. The van der Waals surface area contributed by atoms with Crippen LogP contribution in [0.3, 0.4) is 0 Å². The number of hydrogen-bond donors (Lipinski definition) is 3. The second kappa shape index (κ2) is 12.7. The summed E-state index contributed by atoms with van der Waals surface area (Å²) >= 11 is 0. The molecule has 1 saturated carbocycles. The van der Waals surface area contributed by atoms with Crippen LogP contribution in [0.5, 0.6) is 0 Å². The molecule has 3 unspecified atom stereocenters. The van der Waals surface area contributed by atoms with Crippen LogP contribution >= 0.6 is 0 Å². The van der Waals surface area contributed by atoms with Crippen LogP contribution in [0.2, 0.25) is 0 Å². The molecule has 1 aromatic rings. The molecule has 0 amide bonds. The molecule has 2 aliphatic heterocycles. The first-order chi connectivity index (χ1) is 18.1. The highest BCUT2D eigenvalue weighted by Crippen LogP contribution is 2.37. The van der Waals surface area contributed by atoms with Crippen LogP contribution in [0, 0.1) is 11.8 Å². The van der Waals surface area contributed by atoms with Crippen LogP contribution in [-0.4, -0.2) is 78.2 Å². The topological polar surface area (TPSA) is 82.3 Å². The predicted molar refractivity (Wildman–Crippen MR) is 152 cm³/mol. The first-order valence-corrected chi connectivity index (χ1v) is 15.0. The maximum Gasteiger partial charge on any atom is 0.222 e. The predicted octanol–water partition coefficient (Wildman–Crippen LogP) is 4.12. The Morgan fingerprint density at radius 1 is 1.08 bits per heavy atom. The van der Waals surface area contributed by atoms with Gasteiger partial charge < -0.3 is 21.3 Å². The lowest BCUT2D eigenvalue weighted by Crippen LogP contribution is -2.42. The first-order valence-electron chi connectivity index (χ1n) is 15.0. The summed E-state index contributed by atoms with van der Waals surface area (Å²) in [6, 6.07) is 0.930. The summed E-state index contributed by atoms with van der Waals surface area (Å²) < 4.78 is 0. The molecular formula is C30H49N7. The smallest absolute Gasteiger partial charge is 0.222 e. The number of hydrogen-bond acceptors (Lipinski definition) is 7. The monoisotopic (exact) mass is 507 g/mol. The molecule has 2 saturated heterocycles. The van der Waals surface area contributed by atoms with Gasteiger partial charge in [-0.2, -0.15) is 0 Å². The van der Waals surface area contributed by atoms with E-state index < -0.39 is 0 Å². The van der Waals surface area contributed by atoms with E-state index >= 15 is 0 Å². The molecule has 3 heterocycles. The highest BCUT2D eigenvalue weighted by atomic mass is 15.2. The van der Waals surface area contributed by atoms with Crippen molar-refractivity contribution in [1.29, 1.82) is 0 Å². The van der Waals surface area contributed by atoms with Crippen molar-refractivity contribution in [3.8, 4) is 0 Å². The fourth-order valence-electron chi connectivity index (χ4n) is 6.95. The normalized spacial score (nSPS) is 30.8. The van der Waals surface area contributed by atoms with E-state index in [1.165, 1.54) is 82.1 Å². The number of aromatic nitrogens is 2. The maximum absolute atomic E-state index is 5.94. The largest absolute Gasteiger partial charge is 0.372 e. The van der Waals surface area contributed by atoms with E-state index in [9.17, 15) is 0 Å². The van der Waals surface area contributed by atoms with Crippen LogP contribution in [0.25, 0.3) is 0 Å². The Kier molecular flexibility index (Phi) is 9.16. The lowest BCUT2D eigenvalue weighted by atomic mass is 9.76. The number of nitrogens with zero attached hydrogens (tertiary/aromatic N) is 4. The summed E-state index contributed by atoms with van der Waals surface area (Å²) in [6.45, 7) is 8.65. The highest BCUT2D eigenvalue weighted by molar-refractivity contribution is 5.33. The lowest BCUT2D eigenvalue weighted by Gasteiger charge is -2.40. The Labute approximate surface area is 224 Å². The second-order valence-electron chi connectivity index (χ2n) is 12.0. The van der Waals surface area contributed by atoms with Gasteiger partial charge in [0, 0.05) is 68.8 Å². The average molecular weight is 508 g/mol. The highest BCUT2D eigenvalue weighted by Gasteiger charge is 2.31. The summed E-state index contributed by atoms with van der Waals surface area (Å²) in [5, 5.41) is 7.06. The van der Waals surface area contributed by atoms with Crippen molar-refractivity contribution in [1.82, 2.24) is 25.1 Å². The molecule has 1 aromatic heterocycles. The van der Waals surface area contributed by atoms with Gasteiger partial charge >= 0.3 is 0 Å². The quantitative estimate of drug-likeness (QED) is 0.464. The molecule has 4 aliphatic rings. The van der Waals surface area contributed by atoms with Crippen molar-refractivity contribution in [3.05, 3.63) is 41.4 Å². The molecule has 204 valence electrons. The van der Waals surface area contributed by atoms with Gasteiger partial charge in [0.25, 0.3) is 0 Å². The lowest BCUT2D eigenvalue weighted by molar-refractivity contribution is 0.223. The molecule has 0 radical (unpaired) electrons. The van der Waals surface area contributed by atoms with Crippen molar-refractivity contribution < 1.29 is 0 Å². The van der Waals surface area contributed by atoms with Crippen molar-refractivity contribution in [2.24, 2.45) is 17.6 Å². The number of piperidine rings is 1. The molecule has 0 bridgehead atoms. The number of rotatable bonds is 9. The molecule has 7 heteroatoms. The number of nitrogens with two attached hydrogens (primary N) is 1. The Balaban J connectivity index is 1.17.